The molecule has 0 spiro atoms. The molecule has 1 fully saturated rings. The zero-order valence-corrected chi connectivity index (χ0v) is 16.8. The molecule has 0 aliphatic heterocycles. The highest BCUT2D eigenvalue weighted by Crippen LogP contribution is 2.40. The molecule has 1 amide bonds. The van der Waals surface area contributed by atoms with Gasteiger partial charge >= 0.3 is 0 Å². The number of rotatable bonds is 8. The van der Waals surface area contributed by atoms with Crippen LogP contribution in [0, 0.1) is 17.3 Å². The van der Waals surface area contributed by atoms with Crippen LogP contribution in [0.3, 0.4) is 0 Å². The van der Waals surface area contributed by atoms with Gasteiger partial charge in [0, 0.05) is 18.2 Å². The summed E-state index contributed by atoms with van der Waals surface area (Å²) in [7, 11) is 0. The van der Waals surface area contributed by atoms with Gasteiger partial charge in [-0.25, -0.2) is 0 Å². The van der Waals surface area contributed by atoms with E-state index in [1.165, 1.54) is 0 Å². The number of amides is 1. The second-order valence-corrected chi connectivity index (χ2v) is 8.35. The summed E-state index contributed by atoms with van der Waals surface area (Å²) in [5.41, 5.74) is 2.27. The van der Waals surface area contributed by atoms with Crippen LogP contribution < -0.4 is 5.32 Å². The Morgan fingerprint density at radius 1 is 1.12 bits per heavy atom. The number of nitrogens with one attached hydrogen (secondary N) is 1. The summed E-state index contributed by atoms with van der Waals surface area (Å²) in [6.07, 6.45) is 4.28. The van der Waals surface area contributed by atoms with Crippen molar-refractivity contribution >= 4 is 11.6 Å². The molecule has 2 rings (SSSR count). The third-order valence-electron chi connectivity index (χ3n) is 5.36. The van der Waals surface area contributed by atoms with Crippen molar-refractivity contribution in [3.63, 3.8) is 0 Å². The summed E-state index contributed by atoms with van der Waals surface area (Å²) in [5.74, 6) is 1.02. The van der Waals surface area contributed by atoms with Crippen molar-refractivity contribution in [3.8, 4) is 0 Å². The fraction of sp³-hybridized carbons (Fsp3) is 0.682. The molecule has 1 aromatic rings. The topological polar surface area (TPSA) is 47.6 Å². The maximum atomic E-state index is 12.6. The monoisotopic (exact) mass is 361 g/mol. The number of ether oxygens (including phenoxy) is 2. The molecular weight excluding hydrogens is 326 g/mol. The molecule has 0 aromatic heterocycles. The fourth-order valence-corrected chi connectivity index (χ4v) is 3.66. The van der Waals surface area contributed by atoms with E-state index in [0.717, 1.165) is 42.9 Å². The molecule has 0 unspecified atom stereocenters. The predicted octanol–water partition coefficient (Wildman–Crippen LogP) is 5.03. The van der Waals surface area contributed by atoms with Crippen LogP contribution in [-0.4, -0.2) is 25.7 Å². The van der Waals surface area contributed by atoms with Gasteiger partial charge in [0.15, 0.2) is 0 Å². The van der Waals surface area contributed by atoms with Crippen LogP contribution in [0.15, 0.2) is 24.3 Å². The van der Waals surface area contributed by atoms with Gasteiger partial charge in [-0.15, -0.1) is 0 Å². The smallest absolute Gasteiger partial charge is 0.227 e. The van der Waals surface area contributed by atoms with E-state index in [4.69, 9.17) is 9.47 Å². The summed E-state index contributed by atoms with van der Waals surface area (Å²) in [6.45, 7) is 11.3. The average Bonchev–Trinajstić information content (AvgIpc) is 2.61. The van der Waals surface area contributed by atoms with Crippen molar-refractivity contribution in [3.05, 3.63) is 29.8 Å². The Morgan fingerprint density at radius 2 is 1.81 bits per heavy atom. The zero-order valence-electron chi connectivity index (χ0n) is 16.8. The van der Waals surface area contributed by atoms with Crippen molar-refractivity contribution < 1.29 is 14.3 Å². The van der Waals surface area contributed by atoms with E-state index >= 15 is 0 Å². The van der Waals surface area contributed by atoms with Gasteiger partial charge in [0.2, 0.25) is 5.91 Å². The first-order valence-corrected chi connectivity index (χ1v) is 9.95. The summed E-state index contributed by atoms with van der Waals surface area (Å²) >= 11 is 0. The van der Waals surface area contributed by atoms with E-state index in [-0.39, 0.29) is 11.8 Å². The Labute approximate surface area is 158 Å². The lowest BCUT2D eigenvalue weighted by Gasteiger charge is -2.36. The van der Waals surface area contributed by atoms with Gasteiger partial charge in [0.05, 0.1) is 19.8 Å². The van der Waals surface area contributed by atoms with Gasteiger partial charge in [0.25, 0.3) is 0 Å². The average molecular weight is 362 g/mol. The van der Waals surface area contributed by atoms with Crippen LogP contribution in [-0.2, 0) is 20.9 Å². The van der Waals surface area contributed by atoms with E-state index in [1.807, 2.05) is 31.2 Å². The molecule has 0 radical (unpaired) electrons. The second kappa shape index (κ2) is 10.1. The summed E-state index contributed by atoms with van der Waals surface area (Å²) in [4.78, 5) is 12.6. The van der Waals surface area contributed by atoms with E-state index in [2.05, 4.69) is 26.1 Å². The van der Waals surface area contributed by atoms with Crippen molar-refractivity contribution in [1.29, 1.82) is 0 Å². The quantitative estimate of drug-likeness (QED) is 0.661. The van der Waals surface area contributed by atoms with Gasteiger partial charge < -0.3 is 14.8 Å². The van der Waals surface area contributed by atoms with E-state index in [0.29, 0.717) is 31.8 Å². The third-order valence-corrected chi connectivity index (χ3v) is 5.36. The second-order valence-electron chi connectivity index (χ2n) is 8.35. The minimum absolute atomic E-state index is 0.139. The van der Waals surface area contributed by atoms with Crippen molar-refractivity contribution in [2.45, 2.75) is 60.0 Å². The highest BCUT2D eigenvalue weighted by molar-refractivity contribution is 5.92. The zero-order chi connectivity index (χ0) is 19.0. The van der Waals surface area contributed by atoms with Gasteiger partial charge in [-0.05, 0) is 61.6 Å². The van der Waals surface area contributed by atoms with E-state index in [1.54, 1.807) is 0 Å². The molecule has 0 heterocycles. The van der Waals surface area contributed by atoms with Crippen LogP contribution in [0.4, 0.5) is 5.69 Å². The molecule has 1 aromatic carbocycles. The summed E-state index contributed by atoms with van der Waals surface area (Å²) < 4.78 is 10.9. The van der Waals surface area contributed by atoms with Crippen LogP contribution in [0.5, 0.6) is 0 Å². The lowest BCUT2D eigenvalue weighted by Crippen LogP contribution is -2.31. The van der Waals surface area contributed by atoms with E-state index in [9.17, 15) is 4.79 Å². The molecule has 146 valence electrons. The first-order chi connectivity index (χ1) is 12.4. The molecule has 0 atom stereocenters. The lowest BCUT2D eigenvalue weighted by atomic mass is 9.69. The highest BCUT2D eigenvalue weighted by atomic mass is 16.5. The van der Waals surface area contributed by atoms with Gasteiger partial charge in [-0.1, -0.05) is 32.9 Å². The third kappa shape index (κ3) is 6.73. The number of benzene rings is 1. The Kier molecular flexibility index (Phi) is 8.11. The summed E-state index contributed by atoms with van der Waals surface area (Å²) in [5, 5.41) is 3.10. The van der Waals surface area contributed by atoms with Crippen LogP contribution in [0.2, 0.25) is 0 Å². The molecule has 4 nitrogen and oxygen atoms in total. The molecule has 1 aliphatic carbocycles. The van der Waals surface area contributed by atoms with Crippen molar-refractivity contribution in [1.82, 2.24) is 0 Å². The van der Waals surface area contributed by atoms with E-state index < -0.39 is 0 Å². The Hall–Kier alpha value is -1.39. The summed E-state index contributed by atoms with van der Waals surface area (Å²) in [6, 6.07) is 7.93. The number of carbonyl (C=O) groups excluding carboxylic acids is 1. The lowest BCUT2D eigenvalue weighted by molar-refractivity contribution is -0.121. The first-order valence-electron chi connectivity index (χ1n) is 9.95. The van der Waals surface area contributed by atoms with Crippen LogP contribution >= 0.6 is 0 Å². The number of hydrogen-bond acceptors (Lipinski definition) is 3. The number of carbonyl (C=O) groups is 1. The number of hydrogen-bond donors (Lipinski definition) is 1. The normalized spacial score (nSPS) is 20.8. The Bertz CT molecular complexity index is 557. The Balaban J connectivity index is 1.79. The van der Waals surface area contributed by atoms with Crippen molar-refractivity contribution in [2.75, 3.05) is 25.1 Å². The highest BCUT2D eigenvalue weighted by Gasteiger charge is 2.32. The number of anilines is 1. The molecule has 26 heavy (non-hydrogen) atoms. The van der Waals surface area contributed by atoms with Gasteiger partial charge in [0.1, 0.15) is 0 Å². The molecule has 0 bridgehead atoms. The molecule has 4 heteroatoms. The SMILES string of the molecule is CCOCCOCc1cccc(NC(=O)C2CCC(C(C)(C)C)CC2)c1. The molecule has 1 saturated carbocycles. The minimum atomic E-state index is 0.139. The molecule has 1 N–H and O–H groups in total. The predicted molar refractivity (Wildman–Crippen MR) is 106 cm³/mol. The molecule has 0 saturated heterocycles. The van der Waals surface area contributed by atoms with Crippen molar-refractivity contribution in [2.24, 2.45) is 17.3 Å². The maximum absolute atomic E-state index is 12.6. The molecule has 1 aliphatic rings. The van der Waals surface area contributed by atoms with Gasteiger partial charge in [-0.3, -0.25) is 4.79 Å². The standard InChI is InChI=1S/C22H35NO3/c1-5-25-13-14-26-16-17-7-6-8-20(15-17)23-21(24)18-9-11-19(12-10-18)22(2,3)4/h6-8,15,18-19H,5,9-14,16H2,1-4H3,(H,23,24). The maximum Gasteiger partial charge on any atom is 0.227 e. The fourth-order valence-electron chi connectivity index (χ4n) is 3.66. The largest absolute Gasteiger partial charge is 0.379 e. The first kappa shape index (κ1) is 20.9. The van der Waals surface area contributed by atoms with Crippen LogP contribution in [0.1, 0.15) is 58.9 Å². The Morgan fingerprint density at radius 3 is 2.46 bits per heavy atom. The minimum Gasteiger partial charge on any atom is -0.379 e. The van der Waals surface area contributed by atoms with Gasteiger partial charge in [-0.2, -0.15) is 0 Å². The molecular formula is C22H35NO3. The van der Waals surface area contributed by atoms with Crippen LogP contribution in [0.25, 0.3) is 0 Å².